The average molecular weight is 900 g/mol. The van der Waals surface area contributed by atoms with Gasteiger partial charge in [0.15, 0.2) is 0 Å². The lowest BCUT2D eigenvalue weighted by atomic mass is 9.88. The number of pyridine rings is 1. The molecule has 0 aliphatic rings. The summed E-state index contributed by atoms with van der Waals surface area (Å²) in [6.07, 6.45) is 0. The number of rotatable bonds is 5. The average Bonchev–Trinajstić information content (AvgIpc) is 3.85. The van der Waals surface area contributed by atoms with Crippen molar-refractivity contribution in [3.63, 3.8) is 0 Å². The van der Waals surface area contributed by atoms with Crippen molar-refractivity contribution in [1.82, 2.24) is 14.5 Å². The van der Waals surface area contributed by atoms with Gasteiger partial charge in [0.25, 0.3) is 0 Å². The highest BCUT2D eigenvalue weighted by atomic mass is 15.1. The number of hydrogen-bond donors (Lipinski definition) is 0. The van der Waals surface area contributed by atoms with Gasteiger partial charge in [0, 0.05) is 27.6 Å². The van der Waals surface area contributed by atoms with E-state index in [1.54, 1.807) is 0 Å². The molecule has 2 heterocycles. The molecule has 15 aromatic rings. The first-order valence-corrected chi connectivity index (χ1v) is 24.4. The van der Waals surface area contributed by atoms with Gasteiger partial charge in [-0.15, -0.1) is 0 Å². The molecule has 0 N–H and O–H groups in total. The molecule has 0 fully saturated rings. The van der Waals surface area contributed by atoms with E-state index >= 15 is 0 Å². The first-order chi connectivity index (χ1) is 35.2. The van der Waals surface area contributed by atoms with Gasteiger partial charge in [0.05, 0.1) is 22.2 Å². The fourth-order valence-electron chi connectivity index (χ4n) is 11.7. The normalized spacial score (nSPS) is 11.9. The van der Waals surface area contributed by atoms with Crippen molar-refractivity contribution in [3.05, 3.63) is 249 Å². The third kappa shape index (κ3) is 6.10. The standard InChI is InChI=1S/C68H41N3/c1-2-16-43(17-3-1)68-70-64-28-14-15-29-66(64)71(68)46-34-30-42(31-35-46)60-41-65(45-33-37-57-52-23-7-5-19-48(52)50-21-9-11-25-54(50)62(57)39-45)69-67-58-27-13-12-26-55(58)59(40-63(60)67)44-32-36-56-51-22-6-4-18-47(51)49-20-8-10-24-53(49)61(56)38-44/h1-41H. The zero-order valence-corrected chi connectivity index (χ0v) is 38.5. The number of benzene rings is 13. The summed E-state index contributed by atoms with van der Waals surface area (Å²) in [7, 11) is 0. The molecule has 3 nitrogen and oxygen atoms in total. The second-order valence-corrected chi connectivity index (χ2v) is 18.8. The number of hydrogen-bond acceptors (Lipinski definition) is 2. The summed E-state index contributed by atoms with van der Waals surface area (Å²) in [5.41, 5.74) is 11.8. The largest absolute Gasteiger partial charge is 0.292 e. The molecule has 0 radical (unpaired) electrons. The minimum absolute atomic E-state index is 0.917. The third-order valence-corrected chi connectivity index (χ3v) is 14.9. The van der Waals surface area contributed by atoms with E-state index in [0.29, 0.717) is 0 Å². The smallest absolute Gasteiger partial charge is 0.145 e. The molecule has 0 aliphatic carbocycles. The summed E-state index contributed by atoms with van der Waals surface area (Å²) < 4.78 is 2.28. The Hall–Kier alpha value is -9.44. The molecule has 0 aliphatic heterocycles. The molecule has 15 rings (SSSR count). The predicted octanol–water partition coefficient (Wildman–Crippen LogP) is 18.3. The van der Waals surface area contributed by atoms with Gasteiger partial charge in [-0.05, 0) is 141 Å². The van der Waals surface area contributed by atoms with Crippen LogP contribution in [-0.2, 0) is 0 Å². The number of imidazole rings is 1. The minimum atomic E-state index is 0.917. The second kappa shape index (κ2) is 15.5. The summed E-state index contributed by atoms with van der Waals surface area (Å²) in [6, 6.07) is 90.7. The molecule has 0 saturated heterocycles. The Morgan fingerprint density at radius 1 is 0.254 bits per heavy atom. The van der Waals surface area contributed by atoms with E-state index in [-0.39, 0.29) is 0 Å². The van der Waals surface area contributed by atoms with E-state index in [1.165, 1.54) is 81.1 Å². The van der Waals surface area contributed by atoms with Crippen LogP contribution in [0.1, 0.15) is 0 Å². The Balaban J connectivity index is 0.986. The highest BCUT2D eigenvalue weighted by Gasteiger charge is 2.20. The van der Waals surface area contributed by atoms with Crippen LogP contribution in [0.3, 0.4) is 0 Å². The van der Waals surface area contributed by atoms with Gasteiger partial charge < -0.3 is 0 Å². The summed E-state index contributed by atoms with van der Waals surface area (Å²) in [4.78, 5) is 10.8. The van der Waals surface area contributed by atoms with Gasteiger partial charge in [-0.25, -0.2) is 9.97 Å². The first kappa shape index (κ1) is 39.5. The lowest BCUT2D eigenvalue weighted by molar-refractivity contribution is 1.10. The SMILES string of the molecule is c1ccc(-c2nc3ccccc3n2-c2ccc(-c3cc(-c4ccc5c6ccccc6c6ccccc6c5c4)nc4c3cc(-c3ccc5c6ccccc6c6ccccc6c5c3)c3ccccc34)cc2)cc1. The first-order valence-electron chi connectivity index (χ1n) is 24.4. The zero-order chi connectivity index (χ0) is 46.6. The second-order valence-electron chi connectivity index (χ2n) is 18.8. The van der Waals surface area contributed by atoms with Gasteiger partial charge in [-0.3, -0.25) is 4.57 Å². The molecule has 3 heteroatoms. The fraction of sp³-hybridized carbons (Fsp3) is 0. The fourth-order valence-corrected chi connectivity index (χ4v) is 11.7. The molecule has 0 spiro atoms. The van der Waals surface area contributed by atoms with Crippen LogP contribution in [0.2, 0.25) is 0 Å². The van der Waals surface area contributed by atoms with Gasteiger partial charge >= 0.3 is 0 Å². The molecule has 0 bridgehead atoms. The molecule has 328 valence electrons. The van der Waals surface area contributed by atoms with E-state index in [2.05, 4.69) is 253 Å². The molecule has 71 heavy (non-hydrogen) atoms. The van der Waals surface area contributed by atoms with Gasteiger partial charge in [-0.2, -0.15) is 0 Å². The zero-order valence-electron chi connectivity index (χ0n) is 38.5. The van der Waals surface area contributed by atoms with Crippen molar-refractivity contribution in [2.45, 2.75) is 0 Å². The Bertz CT molecular complexity index is 4610. The van der Waals surface area contributed by atoms with Crippen molar-refractivity contribution < 1.29 is 0 Å². The molecule has 0 saturated carbocycles. The van der Waals surface area contributed by atoms with E-state index in [0.717, 1.165) is 66.8 Å². The Morgan fingerprint density at radius 3 is 1.28 bits per heavy atom. The topological polar surface area (TPSA) is 30.7 Å². The van der Waals surface area contributed by atoms with Crippen molar-refractivity contribution >= 4 is 97.3 Å². The maximum atomic E-state index is 5.69. The van der Waals surface area contributed by atoms with Crippen molar-refractivity contribution in [3.8, 4) is 50.6 Å². The molecular formula is C68H41N3. The van der Waals surface area contributed by atoms with Crippen LogP contribution in [-0.4, -0.2) is 14.5 Å². The Kier molecular flexibility index (Phi) is 8.66. The van der Waals surface area contributed by atoms with Gasteiger partial charge in [0.2, 0.25) is 0 Å². The highest BCUT2D eigenvalue weighted by Crippen LogP contribution is 2.44. The molecule has 2 aromatic heterocycles. The summed E-state index contributed by atoms with van der Waals surface area (Å²) >= 11 is 0. The van der Waals surface area contributed by atoms with Crippen molar-refractivity contribution in [1.29, 1.82) is 0 Å². The van der Waals surface area contributed by atoms with E-state index in [9.17, 15) is 0 Å². The summed E-state index contributed by atoms with van der Waals surface area (Å²) in [6.45, 7) is 0. The van der Waals surface area contributed by atoms with Crippen LogP contribution in [0.25, 0.3) is 148 Å². The Labute approximate surface area is 409 Å². The van der Waals surface area contributed by atoms with E-state index in [4.69, 9.17) is 9.97 Å². The Morgan fingerprint density at radius 2 is 0.690 bits per heavy atom. The maximum absolute atomic E-state index is 5.69. The maximum Gasteiger partial charge on any atom is 0.145 e. The van der Waals surface area contributed by atoms with Crippen LogP contribution in [0, 0.1) is 0 Å². The van der Waals surface area contributed by atoms with Crippen LogP contribution < -0.4 is 0 Å². The highest BCUT2D eigenvalue weighted by molar-refractivity contribution is 6.27. The molecule has 0 atom stereocenters. The molecule has 0 unspecified atom stereocenters. The lowest BCUT2D eigenvalue weighted by Crippen LogP contribution is -1.98. The number of aromatic nitrogens is 3. The molecular weight excluding hydrogens is 859 g/mol. The predicted molar refractivity (Wildman–Crippen MR) is 301 cm³/mol. The van der Waals surface area contributed by atoms with E-state index < -0.39 is 0 Å². The van der Waals surface area contributed by atoms with Crippen LogP contribution in [0.4, 0.5) is 0 Å². The number of para-hydroxylation sites is 2. The number of fused-ring (bicyclic) bond motifs is 16. The quantitative estimate of drug-likeness (QED) is 0.161. The summed E-state index contributed by atoms with van der Waals surface area (Å²) in [5.74, 6) is 0.917. The summed E-state index contributed by atoms with van der Waals surface area (Å²) in [5, 5.41) is 18.5. The van der Waals surface area contributed by atoms with Crippen LogP contribution in [0.15, 0.2) is 249 Å². The third-order valence-electron chi connectivity index (χ3n) is 14.9. The van der Waals surface area contributed by atoms with Crippen LogP contribution >= 0.6 is 0 Å². The molecule has 0 amide bonds. The monoisotopic (exact) mass is 899 g/mol. The van der Waals surface area contributed by atoms with Gasteiger partial charge in [-0.1, -0.05) is 200 Å². The van der Waals surface area contributed by atoms with Gasteiger partial charge in [0.1, 0.15) is 5.82 Å². The number of nitrogens with zero attached hydrogens (tertiary/aromatic N) is 3. The van der Waals surface area contributed by atoms with Crippen molar-refractivity contribution in [2.24, 2.45) is 0 Å². The van der Waals surface area contributed by atoms with Crippen LogP contribution in [0.5, 0.6) is 0 Å². The van der Waals surface area contributed by atoms with E-state index in [1.807, 2.05) is 0 Å². The van der Waals surface area contributed by atoms with Crippen molar-refractivity contribution in [2.75, 3.05) is 0 Å². The minimum Gasteiger partial charge on any atom is -0.292 e. The lowest BCUT2D eigenvalue weighted by Gasteiger charge is -2.18. The molecule has 13 aromatic carbocycles.